The van der Waals surface area contributed by atoms with Crippen LogP contribution in [0.25, 0.3) is 0 Å². The van der Waals surface area contributed by atoms with Gasteiger partial charge in [0.05, 0.1) is 23.4 Å². The molecule has 0 saturated heterocycles. The number of carbonyl (C=O) groups is 1. The molecule has 0 aliphatic heterocycles. The van der Waals surface area contributed by atoms with E-state index in [0.717, 1.165) is 41.1 Å². The maximum absolute atomic E-state index is 12.6. The standard InChI is InChI=1S/C22H21F3N2OS/c23-22(24,25)17-11-9-16(10-12-17)5-1-2-8-20-19(7-3-13-26-20)21(28)27-15-18-6-4-14-29-18/h3-4,6-7,9-14H,1-2,5,8,15H2,(H,27,28). The molecule has 1 amide bonds. The van der Waals surface area contributed by atoms with Gasteiger partial charge in [-0.2, -0.15) is 13.2 Å². The molecule has 0 bridgehead atoms. The number of carbonyl (C=O) groups excluding carboxylic acids is 1. The zero-order chi connectivity index (χ0) is 20.7. The second-order valence-electron chi connectivity index (χ2n) is 6.66. The fourth-order valence-corrected chi connectivity index (χ4v) is 3.65. The first-order chi connectivity index (χ1) is 13.9. The average Bonchev–Trinajstić information content (AvgIpc) is 3.23. The highest BCUT2D eigenvalue weighted by molar-refractivity contribution is 7.09. The van der Waals surface area contributed by atoms with Gasteiger partial charge in [0.15, 0.2) is 0 Å². The Labute approximate surface area is 171 Å². The molecule has 0 unspecified atom stereocenters. The molecule has 0 aliphatic carbocycles. The Balaban J connectivity index is 1.50. The van der Waals surface area contributed by atoms with Gasteiger partial charge in [0.25, 0.3) is 5.91 Å². The molecule has 0 aliphatic rings. The Hall–Kier alpha value is -2.67. The van der Waals surface area contributed by atoms with Gasteiger partial charge in [-0.15, -0.1) is 11.3 Å². The second kappa shape index (κ2) is 9.69. The number of nitrogens with zero attached hydrogens (tertiary/aromatic N) is 1. The van der Waals surface area contributed by atoms with Crippen LogP contribution in [0.4, 0.5) is 13.2 Å². The van der Waals surface area contributed by atoms with Crippen LogP contribution in [0.15, 0.2) is 60.1 Å². The number of hydrogen-bond acceptors (Lipinski definition) is 3. The fraction of sp³-hybridized carbons (Fsp3) is 0.273. The van der Waals surface area contributed by atoms with Crippen molar-refractivity contribution in [2.75, 3.05) is 0 Å². The van der Waals surface area contributed by atoms with Gasteiger partial charge in [0.2, 0.25) is 0 Å². The maximum atomic E-state index is 12.6. The normalized spacial score (nSPS) is 11.4. The summed E-state index contributed by atoms with van der Waals surface area (Å²) in [6.45, 7) is 0.485. The van der Waals surface area contributed by atoms with Gasteiger partial charge >= 0.3 is 6.18 Å². The Bertz CT molecular complexity index is 922. The van der Waals surface area contributed by atoms with Gasteiger partial charge in [-0.1, -0.05) is 18.2 Å². The molecule has 0 spiro atoms. The van der Waals surface area contributed by atoms with Crippen molar-refractivity contribution in [2.45, 2.75) is 38.4 Å². The Morgan fingerprint density at radius 3 is 2.45 bits per heavy atom. The van der Waals surface area contributed by atoms with E-state index in [1.165, 1.54) is 12.1 Å². The molecule has 0 fully saturated rings. The van der Waals surface area contributed by atoms with Gasteiger partial charge in [-0.05, 0) is 67.0 Å². The van der Waals surface area contributed by atoms with E-state index >= 15 is 0 Å². The predicted molar refractivity (Wildman–Crippen MR) is 108 cm³/mol. The van der Waals surface area contributed by atoms with E-state index in [9.17, 15) is 18.0 Å². The number of rotatable bonds is 8. The van der Waals surface area contributed by atoms with Crippen LogP contribution in [0.2, 0.25) is 0 Å². The smallest absolute Gasteiger partial charge is 0.347 e. The summed E-state index contributed by atoms with van der Waals surface area (Å²) in [5, 5.41) is 4.88. The number of hydrogen-bond donors (Lipinski definition) is 1. The molecule has 3 aromatic rings. The van der Waals surface area contributed by atoms with Crippen molar-refractivity contribution in [2.24, 2.45) is 0 Å². The van der Waals surface area contributed by atoms with Gasteiger partial charge in [-0.3, -0.25) is 9.78 Å². The summed E-state index contributed by atoms with van der Waals surface area (Å²) in [5.41, 5.74) is 1.54. The van der Waals surface area contributed by atoms with Gasteiger partial charge in [0.1, 0.15) is 0 Å². The van der Waals surface area contributed by atoms with Crippen molar-refractivity contribution in [1.29, 1.82) is 0 Å². The van der Waals surface area contributed by atoms with Gasteiger partial charge in [0, 0.05) is 11.1 Å². The molecular weight excluding hydrogens is 397 g/mol. The van der Waals surface area contributed by atoms with E-state index < -0.39 is 11.7 Å². The number of aromatic nitrogens is 1. The predicted octanol–water partition coefficient (Wildman–Crippen LogP) is 5.66. The van der Waals surface area contributed by atoms with Crippen molar-refractivity contribution in [1.82, 2.24) is 10.3 Å². The lowest BCUT2D eigenvalue weighted by atomic mass is 10.0. The SMILES string of the molecule is O=C(NCc1cccs1)c1cccnc1CCCCc1ccc(C(F)(F)F)cc1. The molecule has 3 nitrogen and oxygen atoms in total. The summed E-state index contributed by atoms with van der Waals surface area (Å²) < 4.78 is 37.8. The molecule has 1 aromatic carbocycles. The minimum atomic E-state index is -4.31. The highest BCUT2D eigenvalue weighted by Gasteiger charge is 2.29. The van der Waals surface area contributed by atoms with Crippen LogP contribution < -0.4 is 5.32 Å². The average molecular weight is 418 g/mol. The third-order valence-electron chi connectivity index (χ3n) is 4.55. The van der Waals surface area contributed by atoms with E-state index in [0.29, 0.717) is 24.9 Å². The third-order valence-corrected chi connectivity index (χ3v) is 5.42. The molecule has 3 rings (SSSR count). The van der Waals surface area contributed by atoms with Crippen LogP contribution in [-0.2, 0) is 25.6 Å². The number of benzene rings is 1. The summed E-state index contributed by atoms with van der Waals surface area (Å²) in [6.07, 6.45) is 0.286. The van der Waals surface area contributed by atoms with Crippen LogP contribution in [0.1, 0.15) is 44.9 Å². The number of aryl methyl sites for hydroxylation is 2. The topological polar surface area (TPSA) is 42.0 Å². The first kappa shape index (κ1) is 21.0. The van der Waals surface area contributed by atoms with Crippen molar-refractivity contribution < 1.29 is 18.0 Å². The van der Waals surface area contributed by atoms with Crippen LogP contribution in [-0.4, -0.2) is 10.9 Å². The molecule has 7 heteroatoms. The van der Waals surface area contributed by atoms with Crippen molar-refractivity contribution in [3.63, 3.8) is 0 Å². The van der Waals surface area contributed by atoms with Crippen LogP contribution in [0, 0.1) is 0 Å². The number of unbranched alkanes of at least 4 members (excludes halogenated alkanes) is 1. The molecule has 2 heterocycles. The Morgan fingerprint density at radius 2 is 1.76 bits per heavy atom. The third kappa shape index (κ3) is 6.15. The zero-order valence-electron chi connectivity index (χ0n) is 15.7. The summed E-state index contributed by atoms with van der Waals surface area (Å²) in [4.78, 5) is 17.9. The first-order valence-corrected chi connectivity index (χ1v) is 10.2. The molecule has 0 atom stereocenters. The first-order valence-electron chi connectivity index (χ1n) is 9.34. The van der Waals surface area contributed by atoms with Gasteiger partial charge < -0.3 is 5.32 Å². The van der Waals surface area contributed by atoms with Crippen molar-refractivity contribution in [3.05, 3.63) is 87.4 Å². The minimum absolute atomic E-state index is 0.149. The molecule has 152 valence electrons. The lowest BCUT2D eigenvalue weighted by molar-refractivity contribution is -0.137. The minimum Gasteiger partial charge on any atom is -0.347 e. The fourth-order valence-electron chi connectivity index (χ4n) is 3.00. The largest absolute Gasteiger partial charge is 0.416 e. The molecule has 2 aromatic heterocycles. The van der Waals surface area contributed by atoms with E-state index in [4.69, 9.17) is 0 Å². The molecule has 0 saturated carbocycles. The molecule has 0 radical (unpaired) electrons. The highest BCUT2D eigenvalue weighted by atomic mass is 32.1. The van der Waals surface area contributed by atoms with Crippen LogP contribution in [0.3, 0.4) is 0 Å². The zero-order valence-corrected chi connectivity index (χ0v) is 16.5. The monoisotopic (exact) mass is 418 g/mol. The van der Waals surface area contributed by atoms with Crippen LogP contribution >= 0.6 is 11.3 Å². The maximum Gasteiger partial charge on any atom is 0.416 e. The Morgan fingerprint density at radius 1 is 1.00 bits per heavy atom. The van der Waals surface area contributed by atoms with E-state index in [1.54, 1.807) is 29.7 Å². The summed E-state index contributed by atoms with van der Waals surface area (Å²) in [5.74, 6) is -0.149. The van der Waals surface area contributed by atoms with Crippen molar-refractivity contribution >= 4 is 17.2 Å². The lowest BCUT2D eigenvalue weighted by Gasteiger charge is -2.09. The second-order valence-corrected chi connectivity index (χ2v) is 7.69. The number of amides is 1. The summed E-state index contributed by atoms with van der Waals surface area (Å²) >= 11 is 1.59. The molecule has 1 N–H and O–H groups in total. The summed E-state index contributed by atoms with van der Waals surface area (Å²) in [6, 6.07) is 12.7. The van der Waals surface area contributed by atoms with Gasteiger partial charge in [-0.25, -0.2) is 0 Å². The van der Waals surface area contributed by atoms with E-state index in [2.05, 4.69) is 10.3 Å². The Kier molecular flexibility index (Phi) is 7.04. The number of pyridine rings is 1. The van der Waals surface area contributed by atoms with E-state index in [-0.39, 0.29) is 5.91 Å². The number of nitrogens with one attached hydrogen (secondary N) is 1. The number of halogens is 3. The molecular formula is C22H21F3N2OS. The summed E-state index contributed by atoms with van der Waals surface area (Å²) in [7, 11) is 0. The van der Waals surface area contributed by atoms with E-state index in [1.807, 2.05) is 17.5 Å². The molecule has 29 heavy (non-hydrogen) atoms. The number of thiophene rings is 1. The van der Waals surface area contributed by atoms with Crippen LogP contribution in [0.5, 0.6) is 0 Å². The van der Waals surface area contributed by atoms with Crippen molar-refractivity contribution in [3.8, 4) is 0 Å². The lowest BCUT2D eigenvalue weighted by Crippen LogP contribution is -2.24. The highest BCUT2D eigenvalue weighted by Crippen LogP contribution is 2.29. The quantitative estimate of drug-likeness (QED) is 0.480. The number of alkyl halides is 3.